The summed E-state index contributed by atoms with van der Waals surface area (Å²) >= 11 is 0. The van der Waals surface area contributed by atoms with Gasteiger partial charge in [0.2, 0.25) is 5.71 Å². The quantitative estimate of drug-likeness (QED) is 0.172. The Kier molecular flexibility index (Phi) is 8.49. The SMILES string of the molecule is Cc1ccc(-c2[c-]cccc2)nc1.Cc1cccc(C)c1-c1ccc2c(n1)oc1c(-c3ccccn3)[c-]ccc12.[Ir]. The summed E-state index contributed by atoms with van der Waals surface area (Å²) in [6.45, 7) is 6.26. The summed E-state index contributed by atoms with van der Waals surface area (Å²) in [7, 11) is 0. The number of furan rings is 1. The Labute approximate surface area is 253 Å². The van der Waals surface area contributed by atoms with Crippen molar-refractivity contribution < 1.29 is 24.5 Å². The predicted molar refractivity (Wildman–Crippen MR) is 162 cm³/mol. The Morgan fingerprint density at radius 2 is 1.44 bits per heavy atom. The minimum absolute atomic E-state index is 0. The molecule has 4 aromatic heterocycles. The van der Waals surface area contributed by atoms with Gasteiger partial charge in [-0.15, -0.1) is 54.1 Å². The maximum Gasteiger partial charge on any atom is 0.216 e. The van der Waals surface area contributed by atoms with Gasteiger partial charge in [-0.1, -0.05) is 53.4 Å². The zero-order chi connectivity index (χ0) is 27.5. The molecule has 203 valence electrons. The number of fused-ring (bicyclic) bond motifs is 3. The molecule has 3 aromatic carbocycles. The molecule has 7 rings (SSSR count). The largest absolute Gasteiger partial charge is 0.486 e. The van der Waals surface area contributed by atoms with Crippen molar-refractivity contribution >= 4 is 22.1 Å². The van der Waals surface area contributed by atoms with Crippen molar-refractivity contribution in [3.63, 3.8) is 0 Å². The van der Waals surface area contributed by atoms with E-state index >= 15 is 0 Å². The van der Waals surface area contributed by atoms with E-state index in [9.17, 15) is 0 Å². The third-order valence-corrected chi connectivity index (χ3v) is 6.85. The Bertz CT molecular complexity index is 1890. The average Bonchev–Trinajstić information content (AvgIpc) is 3.37. The fraction of sp³-hybridized carbons (Fsp3) is 0.0833. The van der Waals surface area contributed by atoms with Crippen molar-refractivity contribution in [1.82, 2.24) is 15.0 Å². The van der Waals surface area contributed by atoms with Gasteiger partial charge in [-0.05, 0) is 67.0 Å². The normalized spacial score (nSPS) is 10.6. The molecule has 5 heteroatoms. The van der Waals surface area contributed by atoms with Gasteiger partial charge in [-0.2, -0.15) is 0 Å². The van der Waals surface area contributed by atoms with E-state index in [1.165, 1.54) is 16.7 Å². The second-order valence-electron chi connectivity index (χ2n) is 9.73. The van der Waals surface area contributed by atoms with Gasteiger partial charge in [0.05, 0.1) is 11.3 Å². The number of aryl methyl sites for hydroxylation is 3. The molecule has 1 radical (unpaired) electrons. The fourth-order valence-corrected chi connectivity index (χ4v) is 4.86. The summed E-state index contributed by atoms with van der Waals surface area (Å²) < 4.78 is 6.20. The van der Waals surface area contributed by atoms with E-state index in [2.05, 4.69) is 72.3 Å². The molecule has 0 fully saturated rings. The molecule has 4 heterocycles. The Morgan fingerprint density at radius 3 is 2.15 bits per heavy atom. The first-order chi connectivity index (χ1) is 19.6. The van der Waals surface area contributed by atoms with Crippen LogP contribution in [0.2, 0.25) is 0 Å². The first-order valence-corrected chi connectivity index (χ1v) is 13.2. The zero-order valence-electron chi connectivity index (χ0n) is 23.0. The van der Waals surface area contributed by atoms with Gasteiger partial charge < -0.3 is 14.4 Å². The topological polar surface area (TPSA) is 51.8 Å². The van der Waals surface area contributed by atoms with Crippen LogP contribution in [0.3, 0.4) is 0 Å². The summed E-state index contributed by atoms with van der Waals surface area (Å²) in [5, 5.41) is 2.04. The number of nitrogens with zero attached hydrogens (tertiary/aromatic N) is 3. The molecule has 7 aromatic rings. The van der Waals surface area contributed by atoms with Gasteiger partial charge in [0.25, 0.3) is 0 Å². The van der Waals surface area contributed by atoms with E-state index in [-0.39, 0.29) is 20.1 Å². The second-order valence-corrected chi connectivity index (χ2v) is 9.73. The molecule has 0 bridgehead atoms. The van der Waals surface area contributed by atoms with Crippen molar-refractivity contribution in [1.29, 1.82) is 0 Å². The van der Waals surface area contributed by atoms with Crippen LogP contribution in [0.5, 0.6) is 0 Å². The first kappa shape index (κ1) is 28.1. The van der Waals surface area contributed by atoms with Crippen LogP contribution in [0.1, 0.15) is 16.7 Å². The molecular formula is C36H27IrN3O-2. The number of hydrogen-bond acceptors (Lipinski definition) is 4. The molecule has 0 saturated carbocycles. The zero-order valence-corrected chi connectivity index (χ0v) is 25.4. The Morgan fingerprint density at radius 1 is 0.634 bits per heavy atom. The molecule has 0 aliphatic carbocycles. The van der Waals surface area contributed by atoms with Crippen molar-refractivity contribution in [2.45, 2.75) is 20.8 Å². The molecule has 0 saturated heterocycles. The van der Waals surface area contributed by atoms with Crippen LogP contribution < -0.4 is 0 Å². The minimum Gasteiger partial charge on any atom is -0.486 e. The summed E-state index contributed by atoms with van der Waals surface area (Å²) in [5.41, 5.74) is 10.8. The predicted octanol–water partition coefficient (Wildman–Crippen LogP) is 8.98. The van der Waals surface area contributed by atoms with Gasteiger partial charge in [-0.25, -0.2) is 4.98 Å². The van der Waals surface area contributed by atoms with Crippen LogP contribution in [0.15, 0.2) is 114 Å². The molecular weight excluding hydrogens is 683 g/mol. The molecule has 41 heavy (non-hydrogen) atoms. The first-order valence-electron chi connectivity index (χ1n) is 13.2. The number of aromatic nitrogens is 3. The third-order valence-electron chi connectivity index (χ3n) is 6.85. The molecule has 0 spiro atoms. The van der Waals surface area contributed by atoms with E-state index in [4.69, 9.17) is 9.40 Å². The third kappa shape index (κ3) is 5.88. The summed E-state index contributed by atoms with van der Waals surface area (Å²) in [4.78, 5) is 13.6. The van der Waals surface area contributed by atoms with Crippen molar-refractivity contribution in [2.24, 2.45) is 0 Å². The van der Waals surface area contributed by atoms with Crippen LogP contribution >= 0.6 is 0 Å². The van der Waals surface area contributed by atoms with Gasteiger partial charge in [0.1, 0.15) is 0 Å². The van der Waals surface area contributed by atoms with Crippen LogP contribution in [0.4, 0.5) is 0 Å². The standard InChI is InChI=1S/C24H17N2O.C12H10N.Ir/c1-15-7-5-8-16(2)22(15)21-13-12-18-17-9-6-10-19(20-11-3-4-14-25-20)23(17)27-24(18)26-21;1-10-7-8-12(13-9-10)11-5-3-2-4-6-11;/h3-9,11-14H,1-2H3;2-5,7-9H,1H3;/q2*-1;. The van der Waals surface area contributed by atoms with Crippen LogP contribution in [0, 0.1) is 32.9 Å². The average molecular weight is 710 g/mol. The molecule has 0 atom stereocenters. The van der Waals surface area contributed by atoms with Gasteiger partial charge >= 0.3 is 0 Å². The fourth-order valence-electron chi connectivity index (χ4n) is 4.86. The maximum atomic E-state index is 6.20. The maximum absolute atomic E-state index is 6.20. The summed E-state index contributed by atoms with van der Waals surface area (Å²) in [6.07, 6.45) is 3.65. The molecule has 0 aliphatic heterocycles. The van der Waals surface area contributed by atoms with Crippen molar-refractivity contribution in [2.75, 3.05) is 0 Å². The van der Waals surface area contributed by atoms with Gasteiger partial charge in [0.15, 0.2) is 0 Å². The smallest absolute Gasteiger partial charge is 0.216 e. The minimum atomic E-state index is 0. The van der Waals surface area contributed by atoms with Crippen molar-refractivity contribution in [3.05, 3.63) is 138 Å². The molecule has 0 aliphatic rings. The molecule has 0 amide bonds. The number of hydrogen-bond donors (Lipinski definition) is 0. The van der Waals surface area contributed by atoms with Gasteiger partial charge in [0, 0.05) is 43.4 Å². The van der Waals surface area contributed by atoms with Crippen LogP contribution in [0.25, 0.3) is 55.8 Å². The van der Waals surface area contributed by atoms with E-state index in [1.807, 2.05) is 73.8 Å². The Balaban J connectivity index is 0.000000204. The van der Waals surface area contributed by atoms with Gasteiger partial charge in [-0.3, -0.25) is 0 Å². The van der Waals surface area contributed by atoms with Crippen LogP contribution in [-0.4, -0.2) is 15.0 Å². The number of rotatable bonds is 3. The Hall–Kier alpha value is -4.44. The van der Waals surface area contributed by atoms with Crippen LogP contribution in [-0.2, 0) is 20.1 Å². The van der Waals surface area contributed by atoms with Crippen molar-refractivity contribution in [3.8, 4) is 33.8 Å². The summed E-state index contributed by atoms with van der Waals surface area (Å²) in [5.74, 6) is 0. The number of pyridine rings is 3. The molecule has 4 nitrogen and oxygen atoms in total. The molecule has 0 N–H and O–H groups in total. The molecule has 0 unspecified atom stereocenters. The monoisotopic (exact) mass is 710 g/mol. The van der Waals surface area contributed by atoms with E-state index in [0.29, 0.717) is 5.71 Å². The van der Waals surface area contributed by atoms with E-state index in [0.717, 1.165) is 50.1 Å². The van der Waals surface area contributed by atoms with E-state index in [1.54, 1.807) is 6.20 Å². The second kappa shape index (κ2) is 12.4. The number of benzene rings is 3. The van der Waals surface area contributed by atoms with E-state index < -0.39 is 0 Å². The summed E-state index contributed by atoms with van der Waals surface area (Å²) in [6, 6.07) is 38.6.